The summed E-state index contributed by atoms with van der Waals surface area (Å²) in [6.45, 7) is 3.19. The number of rotatable bonds is 10. The topological polar surface area (TPSA) is 71.3 Å². The zero-order chi connectivity index (χ0) is 20.2. The molecule has 0 fully saturated rings. The quantitative estimate of drug-likeness (QED) is 0.383. The van der Waals surface area contributed by atoms with E-state index < -0.39 is 0 Å². The predicted octanol–water partition coefficient (Wildman–Crippen LogP) is 4.14. The first-order valence-corrected chi connectivity index (χ1v) is 9.42. The van der Waals surface area contributed by atoms with Gasteiger partial charge in [-0.3, -0.25) is 4.79 Å². The Morgan fingerprint density at radius 3 is 2.64 bits per heavy atom. The van der Waals surface area contributed by atoms with E-state index in [-0.39, 0.29) is 11.5 Å². The molecule has 0 atom stereocenters. The third-order valence-corrected chi connectivity index (χ3v) is 4.16. The van der Waals surface area contributed by atoms with Crippen molar-refractivity contribution in [3.63, 3.8) is 0 Å². The lowest BCUT2D eigenvalue weighted by Gasteiger charge is -2.11. The van der Waals surface area contributed by atoms with Crippen LogP contribution >= 0.6 is 0 Å². The highest BCUT2D eigenvalue weighted by molar-refractivity contribution is 6.01. The van der Waals surface area contributed by atoms with Gasteiger partial charge < -0.3 is 14.8 Å². The van der Waals surface area contributed by atoms with Crippen LogP contribution in [0, 0.1) is 11.3 Å². The number of carbonyl (C=O) groups excluding carboxylic acids is 1. The number of amides is 1. The summed E-state index contributed by atoms with van der Waals surface area (Å²) < 4.78 is 11.1. The minimum absolute atomic E-state index is 0.0507. The Morgan fingerprint density at radius 1 is 1.18 bits per heavy atom. The highest BCUT2D eigenvalue weighted by Crippen LogP contribution is 2.29. The molecule has 2 aromatic rings. The van der Waals surface area contributed by atoms with Gasteiger partial charge in [0.15, 0.2) is 11.5 Å². The number of ether oxygens (including phenoxy) is 2. The zero-order valence-electron chi connectivity index (χ0n) is 16.4. The molecule has 0 aromatic heterocycles. The van der Waals surface area contributed by atoms with Crippen LogP contribution in [0.15, 0.2) is 54.1 Å². The molecule has 2 aromatic carbocycles. The number of nitriles is 1. The summed E-state index contributed by atoms with van der Waals surface area (Å²) in [5, 5.41) is 12.2. The SMILES string of the molecule is CCCCOc1ccc(/C=C(/C#N)C(=O)NCCc2ccccc2)cc1OC. The molecule has 0 unspecified atom stereocenters. The van der Waals surface area contributed by atoms with Gasteiger partial charge in [-0.15, -0.1) is 0 Å². The number of carbonyl (C=O) groups is 1. The van der Waals surface area contributed by atoms with Crippen LogP contribution < -0.4 is 14.8 Å². The van der Waals surface area contributed by atoms with E-state index in [0.29, 0.717) is 36.6 Å². The number of methoxy groups -OCH3 is 1. The average Bonchev–Trinajstić information content (AvgIpc) is 2.73. The Morgan fingerprint density at radius 2 is 1.96 bits per heavy atom. The smallest absolute Gasteiger partial charge is 0.261 e. The van der Waals surface area contributed by atoms with E-state index in [2.05, 4.69) is 12.2 Å². The van der Waals surface area contributed by atoms with Crippen LogP contribution in [0.4, 0.5) is 0 Å². The van der Waals surface area contributed by atoms with Crippen molar-refractivity contribution in [2.24, 2.45) is 0 Å². The van der Waals surface area contributed by atoms with Crippen molar-refractivity contribution in [2.75, 3.05) is 20.3 Å². The monoisotopic (exact) mass is 378 g/mol. The first-order chi connectivity index (χ1) is 13.7. The van der Waals surface area contributed by atoms with Gasteiger partial charge in [-0.25, -0.2) is 0 Å². The van der Waals surface area contributed by atoms with E-state index in [4.69, 9.17) is 9.47 Å². The van der Waals surface area contributed by atoms with Gasteiger partial charge in [0.2, 0.25) is 0 Å². The summed E-state index contributed by atoms with van der Waals surface area (Å²) in [6.07, 6.45) is 4.28. The summed E-state index contributed by atoms with van der Waals surface area (Å²) in [6, 6.07) is 17.2. The summed E-state index contributed by atoms with van der Waals surface area (Å²) in [5.41, 5.74) is 1.89. The fourth-order valence-corrected chi connectivity index (χ4v) is 2.60. The average molecular weight is 378 g/mol. The molecular weight excluding hydrogens is 352 g/mol. The molecule has 2 rings (SSSR count). The van der Waals surface area contributed by atoms with Gasteiger partial charge in [-0.1, -0.05) is 49.7 Å². The number of hydrogen-bond donors (Lipinski definition) is 1. The van der Waals surface area contributed by atoms with Crippen molar-refractivity contribution in [3.05, 3.63) is 65.2 Å². The molecule has 28 heavy (non-hydrogen) atoms. The minimum atomic E-state index is -0.388. The van der Waals surface area contributed by atoms with Crippen molar-refractivity contribution in [1.82, 2.24) is 5.32 Å². The molecular formula is C23H26N2O3. The van der Waals surface area contributed by atoms with Gasteiger partial charge in [0, 0.05) is 6.54 Å². The van der Waals surface area contributed by atoms with E-state index >= 15 is 0 Å². The Bertz CT molecular complexity index is 839. The Balaban J connectivity index is 2.01. The Hall–Kier alpha value is -3.26. The summed E-state index contributed by atoms with van der Waals surface area (Å²) in [7, 11) is 1.57. The van der Waals surface area contributed by atoms with Gasteiger partial charge >= 0.3 is 0 Å². The molecule has 146 valence electrons. The summed E-state index contributed by atoms with van der Waals surface area (Å²) in [5.74, 6) is 0.839. The van der Waals surface area contributed by atoms with Crippen LogP contribution in [-0.4, -0.2) is 26.2 Å². The lowest BCUT2D eigenvalue weighted by atomic mass is 10.1. The van der Waals surface area contributed by atoms with Crippen LogP contribution in [0.25, 0.3) is 6.08 Å². The summed E-state index contributed by atoms with van der Waals surface area (Å²) in [4.78, 5) is 12.3. The maximum absolute atomic E-state index is 12.3. The van der Waals surface area contributed by atoms with Crippen molar-refractivity contribution in [2.45, 2.75) is 26.2 Å². The number of nitrogens with zero attached hydrogens (tertiary/aromatic N) is 1. The Kier molecular flexibility index (Phi) is 8.61. The lowest BCUT2D eigenvalue weighted by molar-refractivity contribution is -0.117. The van der Waals surface area contributed by atoms with Crippen LogP contribution in [0.2, 0.25) is 0 Å². The van der Waals surface area contributed by atoms with Crippen LogP contribution in [0.3, 0.4) is 0 Å². The van der Waals surface area contributed by atoms with Gasteiger partial charge in [0.05, 0.1) is 13.7 Å². The third kappa shape index (κ3) is 6.48. The third-order valence-electron chi connectivity index (χ3n) is 4.16. The second-order valence-corrected chi connectivity index (χ2v) is 6.27. The van der Waals surface area contributed by atoms with E-state index in [1.54, 1.807) is 31.4 Å². The summed E-state index contributed by atoms with van der Waals surface area (Å²) >= 11 is 0. The maximum atomic E-state index is 12.3. The maximum Gasteiger partial charge on any atom is 0.261 e. The van der Waals surface area contributed by atoms with E-state index in [9.17, 15) is 10.1 Å². The van der Waals surface area contributed by atoms with Gasteiger partial charge in [-0.2, -0.15) is 5.26 Å². The highest BCUT2D eigenvalue weighted by Gasteiger charge is 2.10. The molecule has 1 N–H and O–H groups in total. The molecule has 0 radical (unpaired) electrons. The molecule has 0 aliphatic heterocycles. The first kappa shape index (κ1) is 21.0. The van der Waals surface area contributed by atoms with Gasteiger partial charge in [-0.05, 0) is 42.2 Å². The van der Waals surface area contributed by atoms with Gasteiger partial charge in [0.25, 0.3) is 5.91 Å². The molecule has 5 heteroatoms. The molecule has 0 saturated carbocycles. The predicted molar refractivity (Wildman–Crippen MR) is 110 cm³/mol. The second-order valence-electron chi connectivity index (χ2n) is 6.27. The van der Waals surface area contributed by atoms with E-state index in [1.165, 1.54) is 0 Å². The van der Waals surface area contributed by atoms with Crippen molar-refractivity contribution in [1.29, 1.82) is 5.26 Å². The number of nitrogens with one attached hydrogen (secondary N) is 1. The van der Waals surface area contributed by atoms with E-state index in [1.807, 2.05) is 36.4 Å². The number of benzene rings is 2. The van der Waals surface area contributed by atoms with Crippen molar-refractivity contribution < 1.29 is 14.3 Å². The number of unbranched alkanes of at least 4 members (excludes halogenated alkanes) is 1. The lowest BCUT2D eigenvalue weighted by Crippen LogP contribution is -2.26. The highest BCUT2D eigenvalue weighted by atomic mass is 16.5. The second kappa shape index (κ2) is 11.5. The van der Waals surface area contributed by atoms with Crippen molar-refractivity contribution >= 4 is 12.0 Å². The molecule has 0 spiro atoms. The van der Waals surface area contributed by atoms with E-state index in [0.717, 1.165) is 18.4 Å². The fraction of sp³-hybridized carbons (Fsp3) is 0.304. The molecule has 0 aliphatic carbocycles. The zero-order valence-corrected chi connectivity index (χ0v) is 16.4. The minimum Gasteiger partial charge on any atom is -0.493 e. The molecule has 0 aliphatic rings. The van der Waals surface area contributed by atoms with Crippen LogP contribution in [-0.2, 0) is 11.2 Å². The molecule has 0 saturated heterocycles. The standard InChI is InChI=1S/C23H26N2O3/c1-3-4-14-28-21-11-10-19(16-22(21)27-2)15-20(17-24)23(26)25-13-12-18-8-6-5-7-9-18/h5-11,15-16H,3-4,12-14H2,1-2H3,(H,25,26)/b20-15-. The van der Waals surface area contributed by atoms with Crippen LogP contribution in [0.1, 0.15) is 30.9 Å². The molecule has 0 bridgehead atoms. The van der Waals surface area contributed by atoms with Crippen LogP contribution in [0.5, 0.6) is 11.5 Å². The first-order valence-electron chi connectivity index (χ1n) is 9.42. The Labute approximate surface area is 166 Å². The normalized spacial score (nSPS) is 10.8. The van der Waals surface area contributed by atoms with Crippen molar-refractivity contribution in [3.8, 4) is 17.6 Å². The molecule has 1 amide bonds. The molecule has 0 heterocycles. The largest absolute Gasteiger partial charge is 0.493 e. The number of hydrogen-bond acceptors (Lipinski definition) is 4. The fourth-order valence-electron chi connectivity index (χ4n) is 2.60. The van der Waals surface area contributed by atoms with Gasteiger partial charge in [0.1, 0.15) is 11.6 Å². The molecule has 5 nitrogen and oxygen atoms in total.